The van der Waals surface area contributed by atoms with Crippen LogP contribution in [0.2, 0.25) is 0 Å². The molecule has 0 aromatic rings. The van der Waals surface area contributed by atoms with Crippen LogP contribution in [0.25, 0.3) is 5.53 Å². The lowest BCUT2D eigenvalue weighted by Crippen LogP contribution is -2.41. The van der Waals surface area contributed by atoms with Crippen molar-refractivity contribution in [3.05, 3.63) is 5.53 Å². The molecule has 0 unspecified atom stereocenters. The minimum Gasteiger partial charge on any atom is -0.360 e. The van der Waals surface area contributed by atoms with Crippen molar-refractivity contribution in [3.63, 3.8) is 0 Å². The molecule has 0 fully saturated rings. The molecule has 0 heterocycles. The monoisotopic (exact) mass is 249 g/mol. The Morgan fingerprint density at radius 1 is 1.33 bits per heavy atom. The van der Waals surface area contributed by atoms with E-state index in [1.807, 2.05) is 0 Å². The van der Waals surface area contributed by atoms with E-state index < -0.39 is 23.3 Å². The molecule has 0 atom stereocenters. The Hall–Kier alpha value is -2.25. The third kappa shape index (κ3) is 4.73. The summed E-state index contributed by atoms with van der Waals surface area (Å²) in [6.07, 6.45) is 7.04. The average molecular weight is 249 g/mol. The van der Waals surface area contributed by atoms with Gasteiger partial charge in [-0.3, -0.25) is 19.3 Å². The van der Waals surface area contributed by atoms with Crippen molar-refractivity contribution in [1.29, 1.82) is 0 Å². The topological polar surface area (TPSA) is 90.8 Å². The molecule has 96 valence electrons. The average Bonchev–Trinajstić information content (AvgIpc) is 2.33. The minimum absolute atomic E-state index is 0.153. The quantitative estimate of drug-likeness (QED) is 0.171. The Balaban J connectivity index is 4.47. The summed E-state index contributed by atoms with van der Waals surface area (Å²) in [5.74, 6) is 0.392. The van der Waals surface area contributed by atoms with Crippen molar-refractivity contribution in [2.75, 3.05) is 7.05 Å². The van der Waals surface area contributed by atoms with Crippen LogP contribution in [0.4, 0.5) is 0 Å². The third-order valence-electron chi connectivity index (χ3n) is 2.28. The van der Waals surface area contributed by atoms with Crippen molar-refractivity contribution in [2.24, 2.45) is 0 Å². The predicted octanol–water partition coefficient (Wildman–Crippen LogP) is 0.425. The summed E-state index contributed by atoms with van der Waals surface area (Å²) < 4.78 is 0. The van der Waals surface area contributed by atoms with Crippen molar-refractivity contribution in [3.8, 4) is 12.3 Å². The summed E-state index contributed by atoms with van der Waals surface area (Å²) >= 11 is 0. The minimum atomic E-state index is -0.910. The van der Waals surface area contributed by atoms with Gasteiger partial charge >= 0.3 is 11.6 Å². The molecule has 0 bridgehead atoms. The van der Waals surface area contributed by atoms with E-state index in [2.05, 4.69) is 10.7 Å². The number of carbonyl (C=O) groups excluding carboxylic acids is 3. The highest BCUT2D eigenvalue weighted by molar-refractivity contribution is 6.63. The van der Waals surface area contributed by atoms with Gasteiger partial charge in [0.2, 0.25) is 11.7 Å². The number of carbonyl (C=O) groups is 3. The first-order chi connectivity index (χ1) is 8.45. The molecule has 0 rings (SSSR count). The molecule has 18 heavy (non-hydrogen) atoms. The third-order valence-corrected chi connectivity index (χ3v) is 2.28. The maximum absolute atomic E-state index is 11.6. The lowest BCUT2D eigenvalue weighted by atomic mass is 10.1. The number of nitrogens with zero attached hydrogens (tertiary/aromatic N) is 3. The molecule has 0 aliphatic rings. The highest BCUT2D eigenvalue weighted by Gasteiger charge is 2.31. The second kappa shape index (κ2) is 7.93. The largest absolute Gasteiger partial charge is 0.421 e. The molecule has 0 aliphatic heterocycles. The Bertz CT molecular complexity index is 442. The molecule has 6 heteroatoms. The molecular formula is C12H15N3O3. The van der Waals surface area contributed by atoms with Gasteiger partial charge in [0.15, 0.2) is 0 Å². The Morgan fingerprint density at radius 2 is 1.94 bits per heavy atom. The van der Waals surface area contributed by atoms with Gasteiger partial charge in [0.05, 0.1) is 0 Å². The second-order valence-corrected chi connectivity index (χ2v) is 3.67. The van der Waals surface area contributed by atoms with Crippen LogP contribution < -0.4 is 0 Å². The standard InChI is InChI=1S/C12H15N3O3/c1-4-5-6-7-8-10(17)15(3)12(18)11(14-13)9(2)16/h1H,5-8H2,2-3H3. The molecule has 0 spiro atoms. The Morgan fingerprint density at radius 3 is 2.39 bits per heavy atom. The first kappa shape index (κ1) is 15.8. The summed E-state index contributed by atoms with van der Waals surface area (Å²) in [4.78, 5) is 37.5. The van der Waals surface area contributed by atoms with E-state index in [1.54, 1.807) is 0 Å². The van der Waals surface area contributed by atoms with Gasteiger partial charge in [0.25, 0.3) is 0 Å². The molecule has 0 saturated carbocycles. The zero-order chi connectivity index (χ0) is 14.1. The van der Waals surface area contributed by atoms with Crippen molar-refractivity contribution in [1.82, 2.24) is 4.90 Å². The molecule has 0 radical (unpaired) electrons. The number of unbranched alkanes of at least 4 members (excludes halogenated alkanes) is 2. The number of rotatable bonds is 6. The van der Waals surface area contributed by atoms with Gasteiger partial charge in [-0.15, -0.1) is 12.3 Å². The molecule has 0 saturated heterocycles. The molecule has 6 nitrogen and oxygen atoms in total. The van der Waals surface area contributed by atoms with Crippen LogP contribution in [0.3, 0.4) is 0 Å². The molecule has 0 aromatic heterocycles. The molecule has 0 aromatic carbocycles. The first-order valence-corrected chi connectivity index (χ1v) is 5.43. The summed E-state index contributed by atoms with van der Waals surface area (Å²) in [6, 6.07) is 0. The number of hydrogen-bond acceptors (Lipinski definition) is 3. The lowest BCUT2D eigenvalue weighted by Gasteiger charge is -2.11. The fraction of sp³-hybridized carbons (Fsp3) is 0.500. The van der Waals surface area contributed by atoms with Gasteiger partial charge < -0.3 is 5.53 Å². The highest BCUT2D eigenvalue weighted by atomic mass is 16.2. The van der Waals surface area contributed by atoms with Crippen LogP contribution in [-0.4, -0.2) is 40.0 Å². The van der Waals surface area contributed by atoms with Gasteiger partial charge in [0.1, 0.15) is 0 Å². The maximum atomic E-state index is 11.6. The number of terminal acetylenes is 1. The molecule has 0 N–H and O–H groups in total. The van der Waals surface area contributed by atoms with Crippen molar-refractivity contribution in [2.45, 2.75) is 32.6 Å². The van der Waals surface area contributed by atoms with Crippen LogP contribution in [0, 0.1) is 12.3 Å². The van der Waals surface area contributed by atoms with Gasteiger partial charge in [-0.25, -0.2) is 0 Å². The van der Waals surface area contributed by atoms with E-state index in [4.69, 9.17) is 12.0 Å². The Labute approximate surface area is 106 Å². The summed E-state index contributed by atoms with van der Waals surface area (Å²) in [6.45, 7) is 1.08. The van der Waals surface area contributed by atoms with E-state index in [1.165, 1.54) is 7.05 Å². The van der Waals surface area contributed by atoms with Crippen LogP contribution >= 0.6 is 0 Å². The van der Waals surface area contributed by atoms with Gasteiger partial charge in [-0.2, -0.15) is 4.79 Å². The van der Waals surface area contributed by atoms with Gasteiger partial charge in [0, 0.05) is 26.8 Å². The van der Waals surface area contributed by atoms with Crippen LogP contribution in [-0.2, 0) is 14.4 Å². The number of amides is 2. The fourth-order valence-electron chi connectivity index (χ4n) is 1.21. The smallest absolute Gasteiger partial charge is 0.360 e. The van der Waals surface area contributed by atoms with Gasteiger partial charge in [-0.05, 0) is 12.8 Å². The molecule has 2 amide bonds. The summed E-state index contributed by atoms with van der Waals surface area (Å²) in [7, 11) is 1.24. The van der Waals surface area contributed by atoms with Crippen LogP contribution in [0.5, 0.6) is 0 Å². The number of ketones is 1. The van der Waals surface area contributed by atoms with E-state index in [0.717, 1.165) is 11.8 Å². The first-order valence-electron chi connectivity index (χ1n) is 5.43. The zero-order valence-electron chi connectivity index (χ0n) is 10.5. The highest BCUT2D eigenvalue weighted by Crippen LogP contribution is 2.02. The second-order valence-electron chi connectivity index (χ2n) is 3.67. The predicted molar refractivity (Wildman–Crippen MR) is 64.4 cm³/mol. The van der Waals surface area contributed by atoms with Crippen LogP contribution in [0.1, 0.15) is 32.6 Å². The Kier molecular flexibility index (Phi) is 6.94. The summed E-state index contributed by atoms with van der Waals surface area (Å²) in [5, 5.41) is 0. The molecule has 0 aliphatic carbocycles. The van der Waals surface area contributed by atoms with E-state index in [-0.39, 0.29) is 6.42 Å². The number of hydrogen-bond donors (Lipinski definition) is 0. The normalized spacial score (nSPS) is 8.94. The lowest BCUT2D eigenvalue weighted by molar-refractivity contribution is -0.142. The van der Waals surface area contributed by atoms with Crippen molar-refractivity contribution >= 4 is 23.3 Å². The van der Waals surface area contributed by atoms with Gasteiger partial charge in [-0.1, -0.05) is 0 Å². The SMILES string of the molecule is C#CCCCCC(=O)N(C)C(=O)C(=[N+]=[N-])C(C)=O. The zero-order valence-corrected chi connectivity index (χ0v) is 10.5. The number of imide groups is 1. The maximum Gasteiger partial charge on any atom is 0.421 e. The van der Waals surface area contributed by atoms with E-state index in [0.29, 0.717) is 19.3 Å². The van der Waals surface area contributed by atoms with Crippen LogP contribution in [0.15, 0.2) is 0 Å². The van der Waals surface area contributed by atoms with E-state index in [9.17, 15) is 14.4 Å². The number of Topliss-reactive ketones (excluding diaryl/α,β-unsaturated/α-hetero) is 1. The fourth-order valence-corrected chi connectivity index (χ4v) is 1.21. The molecular weight excluding hydrogens is 234 g/mol. The summed E-state index contributed by atoms with van der Waals surface area (Å²) in [5.41, 5.74) is 7.87. The van der Waals surface area contributed by atoms with Crippen molar-refractivity contribution < 1.29 is 19.2 Å². The van der Waals surface area contributed by atoms with E-state index >= 15 is 0 Å².